The zero-order valence-corrected chi connectivity index (χ0v) is 14.5. The predicted octanol–water partition coefficient (Wildman–Crippen LogP) is 2.36. The lowest BCUT2D eigenvalue weighted by molar-refractivity contribution is 0.489. The van der Waals surface area contributed by atoms with Gasteiger partial charge in [-0.25, -0.2) is 13.1 Å². The van der Waals surface area contributed by atoms with Crippen molar-refractivity contribution in [3.8, 4) is 0 Å². The van der Waals surface area contributed by atoms with E-state index in [1.165, 1.54) is 5.75 Å². The normalized spacial score (nSPS) is 19.9. The molecule has 0 saturated carbocycles. The van der Waals surface area contributed by atoms with Gasteiger partial charge in [0.05, 0.1) is 4.90 Å². The topological polar surface area (TPSA) is 58.2 Å². The van der Waals surface area contributed by atoms with E-state index < -0.39 is 15.6 Å². The Morgan fingerprint density at radius 1 is 1.29 bits per heavy atom. The van der Waals surface area contributed by atoms with Gasteiger partial charge in [0.15, 0.2) is 0 Å². The predicted molar refractivity (Wildman–Crippen MR) is 89.1 cm³/mol. The first-order valence-corrected chi connectivity index (χ1v) is 9.85. The summed E-state index contributed by atoms with van der Waals surface area (Å²) in [4.78, 5) is 0.373. The maximum Gasteiger partial charge on any atom is 0.241 e. The zero-order chi connectivity index (χ0) is 15.5. The minimum Gasteiger partial charge on any atom is -0.309 e. The molecule has 1 aromatic rings. The van der Waals surface area contributed by atoms with Gasteiger partial charge in [-0.05, 0) is 44.6 Å². The van der Waals surface area contributed by atoms with Crippen molar-refractivity contribution < 1.29 is 8.42 Å². The van der Waals surface area contributed by atoms with E-state index >= 15 is 0 Å². The molecule has 21 heavy (non-hydrogen) atoms. The Morgan fingerprint density at radius 3 is 2.62 bits per heavy atom. The highest BCUT2D eigenvalue weighted by Crippen LogP contribution is 2.20. The second kappa shape index (κ2) is 6.69. The van der Waals surface area contributed by atoms with Crippen LogP contribution in [0, 0.1) is 0 Å². The third-order valence-corrected chi connectivity index (χ3v) is 6.23. The quantitative estimate of drug-likeness (QED) is 0.871. The summed E-state index contributed by atoms with van der Waals surface area (Å²) in [5.74, 6) is 2.29. The number of sulfonamides is 1. The lowest BCUT2D eigenvalue weighted by Crippen LogP contribution is -2.41. The molecule has 1 aliphatic heterocycles. The molecule has 6 heteroatoms. The maximum absolute atomic E-state index is 12.5. The van der Waals surface area contributed by atoms with E-state index in [-0.39, 0.29) is 0 Å². The highest BCUT2D eigenvalue weighted by Gasteiger charge is 2.24. The molecule has 1 fully saturated rings. The van der Waals surface area contributed by atoms with Gasteiger partial charge < -0.3 is 5.32 Å². The van der Waals surface area contributed by atoms with Crippen molar-refractivity contribution in [3.63, 3.8) is 0 Å². The molecule has 0 spiro atoms. The Hall–Kier alpha value is -0.560. The molecule has 4 nitrogen and oxygen atoms in total. The standard InChI is InChI=1S/C15H24N2O2S2/c1-15(2,3)17-21(18,19)14-7-5-4-6-12(14)10-16-13-8-9-20-11-13/h4-7,13,16-17H,8-11H2,1-3H3/t13-/m0/s1. The summed E-state index contributed by atoms with van der Waals surface area (Å²) >= 11 is 1.94. The Kier molecular flexibility index (Phi) is 5.35. The number of thioether (sulfide) groups is 1. The van der Waals surface area contributed by atoms with Crippen molar-refractivity contribution in [1.82, 2.24) is 10.0 Å². The highest BCUT2D eigenvalue weighted by molar-refractivity contribution is 7.99. The summed E-state index contributed by atoms with van der Waals surface area (Å²) in [5, 5.41) is 3.46. The molecular weight excluding hydrogens is 304 g/mol. The lowest BCUT2D eigenvalue weighted by Gasteiger charge is -2.22. The Balaban J connectivity index is 2.15. The molecule has 2 N–H and O–H groups in total. The van der Waals surface area contributed by atoms with Gasteiger partial charge in [0.25, 0.3) is 0 Å². The van der Waals surface area contributed by atoms with Crippen molar-refractivity contribution in [2.45, 2.75) is 50.2 Å². The largest absolute Gasteiger partial charge is 0.309 e. The zero-order valence-electron chi connectivity index (χ0n) is 12.8. The monoisotopic (exact) mass is 328 g/mol. The van der Waals surface area contributed by atoms with Gasteiger partial charge >= 0.3 is 0 Å². The number of rotatable bonds is 5. The summed E-state index contributed by atoms with van der Waals surface area (Å²) in [6.07, 6.45) is 1.15. The third kappa shape index (κ3) is 4.98. The maximum atomic E-state index is 12.5. The molecule has 0 bridgehead atoms. The second-order valence-corrected chi connectivity index (χ2v) is 9.21. The van der Waals surface area contributed by atoms with Crippen LogP contribution in [0.1, 0.15) is 32.8 Å². The Labute approximate surface area is 132 Å². The molecule has 118 valence electrons. The van der Waals surface area contributed by atoms with E-state index in [2.05, 4.69) is 10.0 Å². The molecule has 1 aromatic carbocycles. The van der Waals surface area contributed by atoms with E-state index in [0.717, 1.165) is 17.7 Å². The van der Waals surface area contributed by atoms with Crippen LogP contribution in [-0.4, -0.2) is 31.5 Å². The number of benzene rings is 1. The van der Waals surface area contributed by atoms with Crippen molar-refractivity contribution in [1.29, 1.82) is 0 Å². The summed E-state index contributed by atoms with van der Waals surface area (Å²) in [5.41, 5.74) is 0.340. The second-order valence-electron chi connectivity index (χ2n) is 6.40. The molecule has 1 aliphatic rings. The molecule has 1 atom stereocenters. The molecule has 0 aliphatic carbocycles. The van der Waals surface area contributed by atoms with Gasteiger partial charge in [-0.15, -0.1) is 0 Å². The van der Waals surface area contributed by atoms with Crippen LogP contribution < -0.4 is 10.0 Å². The first-order valence-electron chi connectivity index (χ1n) is 7.21. The molecule has 1 heterocycles. The van der Waals surface area contributed by atoms with Crippen molar-refractivity contribution >= 4 is 21.8 Å². The highest BCUT2D eigenvalue weighted by atomic mass is 32.2. The first kappa shape index (κ1) is 16.8. The average Bonchev–Trinajstić information content (AvgIpc) is 2.87. The van der Waals surface area contributed by atoms with Crippen LogP contribution in [0.25, 0.3) is 0 Å². The van der Waals surface area contributed by atoms with Crippen molar-refractivity contribution in [3.05, 3.63) is 29.8 Å². The molecular formula is C15H24N2O2S2. The first-order chi connectivity index (χ1) is 9.78. The van der Waals surface area contributed by atoms with E-state index in [1.807, 2.05) is 44.7 Å². The van der Waals surface area contributed by atoms with Crippen molar-refractivity contribution in [2.75, 3.05) is 11.5 Å². The minimum atomic E-state index is -3.49. The van der Waals surface area contributed by atoms with Crippen LogP contribution in [0.2, 0.25) is 0 Å². The van der Waals surface area contributed by atoms with Gasteiger partial charge in [-0.1, -0.05) is 18.2 Å². The van der Waals surface area contributed by atoms with Crippen LogP contribution in [0.3, 0.4) is 0 Å². The van der Waals surface area contributed by atoms with Crippen molar-refractivity contribution in [2.24, 2.45) is 0 Å². The van der Waals surface area contributed by atoms with Crippen LogP contribution >= 0.6 is 11.8 Å². The van der Waals surface area contributed by atoms with E-state index in [9.17, 15) is 8.42 Å². The summed E-state index contributed by atoms with van der Waals surface area (Å²) < 4.78 is 27.8. The van der Waals surface area contributed by atoms with Crippen LogP contribution in [0.15, 0.2) is 29.2 Å². The van der Waals surface area contributed by atoms with E-state index in [1.54, 1.807) is 12.1 Å². The van der Waals surface area contributed by atoms with Crippen LogP contribution in [0.4, 0.5) is 0 Å². The summed E-state index contributed by atoms with van der Waals surface area (Å²) in [6.45, 7) is 6.13. The average molecular weight is 329 g/mol. The van der Waals surface area contributed by atoms with Gasteiger partial charge in [-0.3, -0.25) is 0 Å². The molecule has 0 unspecified atom stereocenters. The number of nitrogens with one attached hydrogen (secondary N) is 2. The fourth-order valence-electron chi connectivity index (χ4n) is 2.32. The van der Waals surface area contributed by atoms with Gasteiger partial charge in [0.2, 0.25) is 10.0 Å². The van der Waals surface area contributed by atoms with E-state index in [0.29, 0.717) is 17.5 Å². The van der Waals surface area contributed by atoms with E-state index in [4.69, 9.17) is 0 Å². The fraction of sp³-hybridized carbons (Fsp3) is 0.600. The Morgan fingerprint density at radius 2 is 2.00 bits per heavy atom. The van der Waals surface area contributed by atoms with Gasteiger partial charge in [-0.2, -0.15) is 11.8 Å². The minimum absolute atomic E-state index is 0.373. The summed E-state index contributed by atoms with van der Waals surface area (Å²) in [6, 6.07) is 7.70. The molecule has 2 rings (SSSR count). The molecule has 0 amide bonds. The Bertz CT molecular complexity index is 574. The van der Waals surface area contributed by atoms with Crippen LogP contribution in [-0.2, 0) is 16.6 Å². The van der Waals surface area contributed by atoms with Gasteiger partial charge in [0, 0.05) is 23.9 Å². The van der Waals surface area contributed by atoms with Gasteiger partial charge in [0.1, 0.15) is 0 Å². The third-order valence-electron chi connectivity index (χ3n) is 3.21. The smallest absolute Gasteiger partial charge is 0.241 e. The summed E-state index contributed by atoms with van der Waals surface area (Å²) in [7, 11) is -3.49. The number of hydrogen-bond donors (Lipinski definition) is 2. The molecule has 0 radical (unpaired) electrons. The fourth-order valence-corrected chi connectivity index (χ4v) is 5.17. The lowest BCUT2D eigenvalue weighted by atomic mass is 10.1. The number of hydrogen-bond acceptors (Lipinski definition) is 4. The SMILES string of the molecule is CC(C)(C)NS(=O)(=O)c1ccccc1CN[C@H]1CCSC1. The van der Waals surface area contributed by atoms with Crippen LogP contribution in [0.5, 0.6) is 0 Å². The molecule has 1 saturated heterocycles. The molecule has 0 aromatic heterocycles.